The lowest BCUT2D eigenvalue weighted by Crippen LogP contribution is -2.52. The van der Waals surface area contributed by atoms with Crippen LogP contribution in [0.1, 0.15) is 11.1 Å². The van der Waals surface area contributed by atoms with Crippen molar-refractivity contribution in [2.75, 3.05) is 0 Å². The van der Waals surface area contributed by atoms with Crippen LogP contribution in [0.25, 0.3) is 93.8 Å². The van der Waals surface area contributed by atoms with Crippen molar-refractivity contribution in [2.24, 2.45) is 0 Å². The molecule has 0 amide bonds. The number of nitrogens with zero attached hydrogens (tertiary/aromatic N) is 2. The summed E-state index contributed by atoms with van der Waals surface area (Å²) in [5.41, 5.74) is 14.7. The number of imidazole rings is 1. The van der Waals surface area contributed by atoms with E-state index in [9.17, 15) is 0 Å². The summed E-state index contributed by atoms with van der Waals surface area (Å²) >= 11 is 0. The van der Waals surface area contributed by atoms with Gasteiger partial charge in [0.25, 0.3) is 0 Å². The van der Waals surface area contributed by atoms with Crippen LogP contribution >= 0.6 is 0 Å². The van der Waals surface area contributed by atoms with E-state index in [0.717, 1.165) is 28.1 Å². The number of aromatic nitrogens is 2. The second-order valence-electron chi connectivity index (χ2n) is 18.8. The van der Waals surface area contributed by atoms with Crippen molar-refractivity contribution in [3.8, 4) is 50.5 Å². The molecule has 1 aliphatic carbocycles. The van der Waals surface area contributed by atoms with E-state index in [1.807, 2.05) is 0 Å². The predicted octanol–water partition coefficient (Wildman–Crippen LogP) is 7.70. The smallest absolute Gasteiger partial charge is 0.145 e. The summed E-state index contributed by atoms with van der Waals surface area (Å²) in [6.45, 7) is 0. The standard InChI is InChI=1S/C52H42B6N2/c53-51(54,55)50(52(56,57)58)43-18-8-7-13-37(43)38-28-26-35(30-44(38)50)48-41-16-5-3-14-39(41)47(40-15-4-6-17-42(40)48)32-21-23-33(24-22-32)49-59-45-19-9-10-20-46(45)60(49)36-27-25-31-11-1-2-12-34(31)29-36/h1-30H,53-58H2. The fourth-order valence-electron chi connectivity index (χ4n) is 11.5. The molecular formula is C52H42B6N2. The van der Waals surface area contributed by atoms with Crippen LogP contribution in [0.5, 0.6) is 0 Å². The monoisotopic (exact) mass is 760 g/mol. The van der Waals surface area contributed by atoms with Gasteiger partial charge in [-0.15, -0.1) is 0 Å². The molecule has 8 heteroatoms. The fraction of sp³-hybridized carbons (Fsp3) is 0.0577. The van der Waals surface area contributed by atoms with Gasteiger partial charge in [-0.3, -0.25) is 4.57 Å². The Morgan fingerprint density at radius 1 is 0.417 bits per heavy atom. The molecule has 0 N–H and O–H groups in total. The van der Waals surface area contributed by atoms with E-state index in [4.69, 9.17) is 4.98 Å². The number of hydrogen-bond donors (Lipinski definition) is 0. The van der Waals surface area contributed by atoms with Crippen molar-refractivity contribution < 1.29 is 0 Å². The van der Waals surface area contributed by atoms with Gasteiger partial charge in [-0.05, 0) is 113 Å². The molecule has 0 aliphatic heterocycles. The summed E-state index contributed by atoms with van der Waals surface area (Å²) < 4.78 is 2.31. The molecular weight excluding hydrogens is 717 g/mol. The molecule has 0 saturated heterocycles. The number of para-hydroxylation sites is 2. The van der Waals surface area contributed by atoms with Gasteiger partial charge in [-0.1, -0.05) is 162 Å². The van der Waals surface area contributed by atoms with Gasteiger partial charge >= 0.3 is 0 Å². The Kier molecular flexibility index (Phi) is 8.14. The molecule has 0 saturated carbocycles. The molecule has 60 heavy (non-hydrogen) atoms. The minimum atomic E-state index is -0.190. The quantitative estimate of drug-likeness (QED) is 0.126. The average molecular weight is 760 g/mol. The Morgan fingerprint density at radius 3 is 1.60 bits per heavy atom. The van der Waals surface area contributed by atoms with E-state index >= 15 is 0 Å². The van der Waals surface area contributed by atoms with Gasteiger partial charge in [0.05, 0.1) is 58.1 Å². The molecule has 0 unspecified atom stereocenters. The van der Waals surface area contributed by atoms with Crippen LogP contribution in [0.15, 0.2) is 182 Å². The summed E-state index contributed by atoms with van der Waals surface area (Å²) in [6, 6.07) is 67.3. The van der Waals surface area contributed by atoms with Crippen molar-refractivity contribution in [1.29, 1.82) is 0 Å². The molecule has 9 aromatic carbocycles. The van der Waals surface area contributed by atoms with Crippen LogP contribution in [-0.2, 0) is 5.41 Å². The summed E-state index contributed by atoms with van der Waals surface area (Å²) in [4.78, 5) is 5.23. The van der Waals surface area contributed by atoms with Crippen molar-refractivity contribution in [3.05, 3.63) is 193 Å². The minimum absolute atomic E-state index is 0.0370. The summed E-state index contributed by atoms with van der Waals surface area (Å²) in [5.74, 6) is 0.934. The SMILES string of the molecule is BC(B)(B)C1(C(B)(B)B)c2ccccc2-c2ccc(-c3c4ccccc4c(-c4ccc(-c5nc6ccccc6n5-c5ccc6ccccc6c5)cc4)c4ccccc34)cc21. The Labute approximate surface area is 357 Å². The number of benzene rings is 9. The molecule has 0 atom stereocenters. The van der Waals surface area contributed by atoms with E-state index in [-0.39, 0.29) is 15.6 Å². The van der Waals surface area contributed by atoms with Gasteiger partial charge in [0.1, 0.15) is 5.82 Å². The highest BCUT2D eigenvalue weighted by atomic mass is 15.1. The molecule has 0 fully saturated rings. The highest BCUT2D eigenvalue weighted by Gasteiger charge is 2.56. The summed E-state index contributed by atoms with van der Waals surface area (Å²) in [7, 11) is 14.6. The Balaban J connectivity index is 1.09. The summed E-state index contributed by atoms with van der Waals surface area (Å²) in [6.07, 6.45) is 0. The van der Waals surface area contributed by atoms with Crippen LogP contribution in [-0.4, -0.2) is 56.6 Å². The zero-order chi connectivity index (χ0) is 41.0. The van der Waals surface area contributed by atoms with E-state index < -0.39 is 0 Å². The van der Waals surface area contributed by atoms with Gasteiger partial charge in [-0.25, -0.2) is 4.98 Å². The summed E-state index contributed by atoms with van der Waals surface area (Å²) in [5, 5.41) is 7.40. The van der Waals surface area contributed by atoms with Crippen molar-refractivity contribution >= 4 is 90.4 Å². The minimum Gasteiger partial charge on any atom is -0.292 e. The molecule has 10 aromatic rings. The fourth-order valence-corrected chi connectivity index (χ4v) is 11.5. The van der Waals surface area contributed by atoms with Crippen LogP contribution < -0.4 is 0 Å². The molecule has 11 rings (SSSR count). The molecule has 0 bridgehead atoms. The maximum atomic E-state index is 5.23. The maximum Gasteiger partial charge on any atom is 0.145 e. The van der Waals surface area contributed by atoms with Crippen LogP contribution in [0, 0.1) is 0 Å². The largest absolute Gasteiger partial charge is 0.292 e. The molecule has 1 heterocycles. The van der Waals surface area contributed by atoms with E-state index in [2.05, 4.69) is 234 Å². The van der Waals surface area contributed by atoms with Gasteiger partial charge in [-0.2, -0.15) is 0 Å². The van der Waals surface area contributed by atoms with Gasteiger partial charge in [0.2, 0.25) is 0 Å². The van der Waals surface area contributed by atoms with Gasteiger partial charge < -0.3 is 0 Å². The third-order valence-corrected chi connectivity index (χ3v) is 13.5. The van der Waals surface area contributed by atoms with Crippen molar-refractivity contribution in [3.63, 3.8) is 0 Å². The lowest BCUT2D eigenvalue weighted by atomic mass is 9.18. The van der Waals surface area contributed by atoms with Crippen molar-refractivity contribution in [2.45, 2.75) is 15.6 Å². The van der Waals surface area contributed by atoms with E-state index in [1.54, 1.807) is 0 Å². The predicted molar refractivity (Wildman–Crippen MR) is 273 cm³/mol. The molecule has 2 nitrogen and oxygen atoms in total. The third-order valence-electron chi connectivity index (χ3n) is 13.5. The van der Waals surface area contributed by atoms with Gasteiger partial charge in [0.15, 0.2) is 0 Å². The average Bonchev–Trinajstić information content (AvgIpc) is 3.80. The molecule has 278 valence electrons. The Morgan fingerprint density at radius 2 is 0.933 bits per heavy atom. The van der Waals surface area contributed by atoms with Crippen LogP contribution in [0.2, 0.25) is 10.2 Å². The zero-order valence-corrected chi connectivity index (χ0v) is 35.2. The molecule has 0 spiro atoms. The lowest BCUT2D eigenvalue weighted by Gasteiger charge is -2.54. The first-order chi connectivity index (χ1) is 29.0. The van der Waals surface area contributed by atoms with E-state index in [0.29, 0.717) is 0 Å². The molecule has 1 aromatic heterocycles. The zero-order valence-electron chi connectivity index (χ0n) is 35.2. The number of hydrogen-bond acceptors (Lipinski definition) is 1. The normalized spacial score (nSPS) is 13.5. The second kappa shape index (κ2) is 13.3. The van der Waals surface area contributed by atoms with Crippen molar-refractivity contribution in [1.82, 2.24) is 9.55 Å². The number of fused-ring (bicyclic) bond motifs is 7. The maximum absolute atomic E-state index is 5.23. The highest BCUT2D eigenvalue weighted by molar-refractivity contribution is 6.66. The van der Waals surface area contributed by atoms with Gasteiger partial charge in [0, 0.05) is 11.3 Å². The first kappa shape index (κ1) is 36.7. The lowest BCUT2D eigenvalue weighted by molar-refractivity contribution is 0.533. The van der Waals surface area contributed by atoms with E-state index in [1.165, 1.54) is 76.8 Å². The Bertz CT molecular complexity index is 3290. The highest BCUT2D eigenvalue weighted by Crippen LogP contribution is 2.65. The first-order valence-electron chi connectivity index (χ1n) is 21.3. The first-order valence-corrected chi connectivity index (χ1v) is 21.3. The molecule has 0 radical (unpaired) electrons. The number of rotatable bonds is 6. The topological polar surface area (TPSA) is 17.8 Å². The van der Waals surface area contributed by atoms with Crippen LogP contribution in [0.3, 0.4) is 0 Å². The van der Waals surface area contributed by atoms with Crippen LogP contribution in [0.4, 0.5) is 0 Å². The molecule has 1 aliphatic rings. The second-order valence-corrected chi connectivity index (χ2v) is 18.8. The Hall–Kier alpha value is -6.38. The third kappa shape index (κ3) is 5.26.